The first-order chi connectivity index (χ1) is 8.72. The Morgan fingerprint density at radius 2 is 2.00 bits per heavy atom. The van der Waals surface area contributed by atoms with Crippen molar-refractivity contribution in [2.45, 2.75) is 64.0 Å². The predicted molar refractivity (Wildman–Crippen MR) is 81.4 cm³/mol. The highest BCUT2D eigenvalue weighted by Crippen LogP contribution is 2.21. The van der Waals surface area contributed by atoms with Crippen LogP contribution in [0.3, 0.4) is 0 Å². The van der Waals surface area contributed by atoms with E-state index in [1.54, 1.807) is 6.92 Å². The zero-order valence-electron chi connectivity index (χ0n) is 12.1. The van der Waals surface area contributed by atoms with E-state index in [1.807, 2.05) is 0 Å². The first-order valence-electron chi connectivity index (χ1n) is 7.55. The summed E-state index contributed by atoms with van der Waals surface area (Å²) in [5.74, 6) is 1.60. The lowest BCUT2D eigenvalue weighted by molar-refractivity contribution is -0.117. The number of thioether (sulfide) groups is 1. The monoisotopic (exact) mass is 271 g/mol. The van der Waals surface area contributed by atoms with E-state index >= 15 is 0 Å². The molecule has 0 radical (unpaired) electrons. The molecule has 1 atom stereocenters. The molecule has 3 heteroatoms. The molecule has 0 aromatic heterocycles. The molecule has 1 heterocycles. The standard InChI is InChI=1S/C15H29NOS/c1-3-4-12-18-15(9-8-14(2)17)13-16-10-6-5-7-11-16/h15H,3-13H2,1-2H3. The Labute approximate surface area is 117 Å². The number of unbranched alkanes of at least 4 members (excludes halogenated alkanes) is 1. The minimum absolute atomic E-state index is 0.342. The van der Waals surface area contributed by atoms with E-state index in [1.165, 1.54) is 57.5 Å². The van der Waals surface area contributed by atoms with Crippen LogP contribution in [0.25, 0.3) is 0 Å². The summed E-state index contributed by atoms with van der Waals surface area (Å²) >= 11 is 2.09. The van der Waals surface area contributed by atoms with E-state index in [0.29, 0.717) is 11.0 Å². The van der Waals surface area contributed by atoms with E-state index in [2.05, 4.69) is 23.6 Å². The Bertz CT molecular complexity index is 227. The SMILES string of the molecule is CCCCSC(CCC(C)=O)CN1CCCCC1. The van der Waals surface area contributed by atoms with E-state index < -0.39 is 0 Å². The van der Waals surface area contributed by atoms with Crippen molar-refractivity contribution in [3.05, 3.63) is 0 Å². The fraction of sp³-hybridized carbons (Fsp3) is 0.933. The topological polar surface area (TPSA) is 20.3 Å². The zero-order chi connectivity index (χ0) is 13.2. The number of piperidine rings is 1. The molecule has 1 fully saturated rings. The normalized spacial score (nSPS) is 18.8. The van der Waals surface area contributed by atoms with Crippen LogP contribution in [-0.2, 0) is 4.79 Å². The third kappa shape index (κ3) is 7.42. The van der Waals surface area contributed by atoms with Crippen molar-refractivity contribution in [1.29, 1.82) is 0 Å². The van der Waals surface area contributed by atoms with Crippen LogP contribution in [0.4, 0.5) is 0 Å². The summed E-state index contributed by atoms with van der Waals surface area (Å²) in [7, 11) is 0. The first-order valence-corrected chi connectivity index (χ1v) is 8.60. The largest absolute Gasteiger partial charge is 0.302 e. The van der Waals surface area contributed by atoms with Crippen LogP contribution in [0.5, 0.6) is 0 Å². The summed E-state index contributed by atoms with van der Waals surface area (Å²) in [6.45, 7) is 7.70. The third-order valence-corrected chi connectivity index (χ3v) is 4.96. The number of rotatable bonds is 9. The molecule has 0 bridgehead atoms. The van der Waals surface area contributed by atoms with Crippen molar-refractivity contribution in [2.75, 3.05) is 25.4 Å². The maximum absolute atomic E-state index is 11.1. The molecule has 0 spiro atoms. The molecule has 0 aliphatic carbocycles. The van der Waals surface area contributed by atoms with Crippen LogP contribution in [-0.4, -0.2) is 41.3 Å². The van der Waals surface area contributed by atoms with Gasteiger partial charge in [0.05, 0.1) is 0 Å². The summed E-state index contributed by atoms with van der Waals surface area (Å²) in [5, 5.41) is 0.665. The Morgan fingerprint density at radius 1 is 1.28 bits per heavy atom. The van der Waals surface area contributed by atoms with E-state index in [9.17, 15) is 4.79 Å². The van der Waals surface area contributed by atoms with Crippen molar-refractivity contribution in [3.8, 4) is 0 Å². The van der Waals surface area contributed by atoms with Gasteiger partial charge in [0.15, 0.2) is 0 Å². The molecule has 0 aromatic rings. The van der Waals surface area contributed by atoms with Crippen LogP contribution in [0.2, 0.25) is 0 Å². The molecule has 1 unspecified atom stereocenters. The second-order valence-corrected chi connectivity index (χ2v) is 6.86. The smallest absolute Gasteiger partial charge is 0.129 e. The van der Waals surface area contributed by atoms with Gasteiger partial charge in [-0.2, -0.15) is 11.8 Å². The third-order valence-electron chi connectivity index (χ3n) is 3.58. The summed E-state index contributed by atoms with van der Waals surface area (Å²) in [6.07, 6.45) is 8.53. The van der Waals surface area contributed by atoms with E-state index in [0.717, 1.165) is 12.8 Å². The summed E-state index contributed by atoms with van der Waals surface area (Å²) < 4.78 is 0. The maximum Gasteiger partial charge on any atom is 0.129 e. The summed E-state index contributed by atoms with van der Waals surface area (Å²) in [6, 6.07) is 0. The Morgan fingerprint density at radius 3 is 2.61 bits per heavy atom. The Hall–Kier alpha value is -0.0200. The van der Waals surface area contributed by atoms with Gasteiger partial charge in [0.1, 0.15) is 5.78 Å². The number of nitrogens with zero attached hydrogens (tertiary/aromatic N) is 1. The lowest BCUT2D eigenvalue weighted by atomic mass is 10.1. The second-order valence-electron chi connectivity index (χ2n) is 5.45. The molecule has 18 heavy (non-hydrogen) atoms. The second kappa shape index (κ2) is 9.85. The molecule has 0 amide bonds. The molecular formula is C15H29NOS. The number of hydrogen-bond acceptors (Lipinski definition) is 3. The van der Waals surface area contributed by atoms with Crippen LogP contribution in [0.15, 0.2) is 0 Å². The minimum atomic E-state index is 0.342. The van der Waals surface area contributed by atoms with Crippen molar-refractivity contribution in [1.82, 2.24) is 4.90 Å². The minimum Gasteiger partial charge on any atom is -0.302 e. The van der Waals surface area contributed by atoms with Gasteiger partial charge in [0, 0.05) is 18.2 Å². The summed E-state index contributed by atoms with van der Waals surface area (Å²) in [5.41, 5.74) is 0. The lowest BCUT2D eigenvalue weighted by Gasteiger charge is -2.30. The molecule has 2 nitrogen and oxygen atoms in total. The van der Waals surface area contributed by atoms with Gasteiger partial charge in [0.2, 0.25) is 0 Å². The number of ketones is 1. The van der Waals surface area contributed by atoms with Gasteiger partial charge in [-0.25, -0.2) is 0 Å². The quantitative estimate of drug-likeness (QED) is 0.596. The lowest BCUT2D eigenvalue weighted by Crippen LogP contribution is -2.35. The highest BCUT2D eigenvalue weighted by atomic mass is 32.2. The molecule has 0 saturated carbocycles. The molecular weight excluding hydrogens is 242 g/mol. The Balaban J connectivity index is 2.29. The number of hydrogen-bond donors (Lipinski definition) is 0. The molecule has 106 valence electrons. The fourth-order valence-electron chi connectivity index (χ4n) is 2.42. The molecule has 0 aromatic carbocycles. The average molecular weight is 271 g/mol. The van der Waals surface area contributed by atoms with Gasteiger partial charge >= 0.3 is 0 Å². The first kappa shape index (κ1) is 16.0. The van der Waals surface area contributed by atoms with E-state index in [-0.39, 0.29) is 0 Å². The van der Waals surface area contributed by atoms with Gasteiger partial charge in [-0.3, -0.25) is 0 Å². The number of carbonyl (C=O) groups is 1. The van der Waals surface area contributed by atoms with Crippen LogP contribution in [0, 0.1) is 0 Å². The van der Waals surface area contributed by atoms with Crippen molar-refractivity contribution < 1.29 is 4.79 Å². The zero-order valence-corrected chi connectivity index (χ0v) is 12.9. The van der Waals surface area contributed by atoms with Crippen LogP contribution < -0.4 is 0 Å². The molecule has 1 saturated heterocycles. The van der Waals surface area contributed by atoms with Gasteiger partial charge in [-0.1, -0.05) is 19.8 Å². The van der Waals surface area contributed by atoms with Crippen molar-refractivity contribution in [2.24, 2.45) is 0 Å². The molecule has 0 N–H and O–H groups in total. The van der Waals surface area contributed by atoms with Gasteiger partial charge in [0.25, 0.3) is 0 Å². The van der Waals surface area contributed by atoms with Crippen LogP contribution >= 0.6 is 11.8 Å². The molecule has 1 rings (SSSR count). The summed E-state index contributed by atoms with van der Waals surface area (Å²) in [4.78, 5) is 13.8. The van der Waals surface area contributed by atoms with Gasteiger partial charge in [-0.05, 0) is 51.4 Å². The molecule has 1 aliphatic rings. The average Bonchev–Trinajstić information content (AvgIpc) is 2.37. The van der Waals surface area contributed by atoms with Gasteiger partial charge in [-0.15, -0.1) is 0 Å². The number of Topliss-reactive ketones (excluding diaryl/α,β-unsaturated/α-hetero) is 1. The maximum atomic E-state index is 11.1. The number of carbonyl (C=O) groups excluding carboxylic acids is 1. The predicted octanol–water partition coefficient (Wildman–Crippen LogP) is 3.74. The number of likely N-dealkylation sites (tertiary alicyclic amines) is 1. The van der Waals surface area contributed by atoms with E-state index in [4.69, 9.17) is 0 Å². The fourth-order valence-corrected chi connectivity index (χ4v) is 3.81. The highest BCUT2D eigenvalue weighted by molar-refractivity contribution is 7.99. The molecule has 1 aliphatic heterocycles. The van der Waals surface area contributed by atoms with Crippen molar-refractivity contribution >= 4 is 17.5 Å². The van der Waals surface area contributed by atoms with Crippen LogP contribution in [0.1, 0.15) is 58.8 Å². The van der Waals surface area contributed by atoms with Crippen molar-refractivity contribution in [3.63, 3.8) is 0 Å². The van der Waals surface area contributed by atoms with Gasteiger partial charge < -0.3 is 9.69 Å². The highest BCUT2D eigenvalue weighted by Gasteiger charge is 2.17. The Kier molecular flexibility index (Phi) is 8.78.